The van der Waals surface area contributed by atoms with Crippen molar-refractivity contribution in [2.45, 2.75) is 51.1 Å². The lowest BCUT2D eigenvalue weighted by Gasteiger charge is -2.31. The van der Waals surface area contributed by atoms with Crippen LogP contribution in [0.15, 0.2) is 30.3 Å². The Morgan fingerprint density at radius 1 is 1.20 bits per heavy atom. The van der Waals surface area contributed by atoms with Crippen molar-refractivity contribution < 1.29 is 0 Å². The SMILES string of the molecule is CCC[C@H]1CCC[C@H](c2ccccc2)N1. The van der Waals surface area contributed by atoms with E-state index in [2.05, 4.69) is 42.6 Å². The number of hydrogen-bond donors (Lipinski definition) is 1. The van der Waals surface area contributed by atoms with Crippen LogP contribution in [0, 0.1) is 0 Å². The van der Waals surface area contributed by atoms with Crippen LogP contribution in [-0.2, 0) is 0 Å². The Hall–Kier alpha value is -0.820. The lowest BCUT2D eigenvalue weighted by Crippen LogP contribution is -2.36. The van der Waals surface area contributed by atoms with E-state index in [9.17, 15) is 0 Å². The van der Waals surface area contributed by atoms with E-state index < -0.39 is 0 Å². The van der Waals surface area contributed by atoms with E-state index in [1.54, 1.807) is 0 Å². The highest BCUT2D eigenvalue weighted by atomic mass is 15.0. The number of benzene rings is 1. The molecule has 1 heteroatoms. The molecule has 0 aromatic heterocycles. The van der Waals surface area contributed by atoms with Crippen molar-refractivity contribution in [2.75, 3.05) is 0 Å². The third kappa shape index (κ3) is 2.82. The standard InChI is InChI=1S/C14H21N/c1-2-7-13-10-6-11-14(15-13)12-8-4-3-5-9-12/h3-5,8-9,13-15H,2,6-7,10-11H2,1H3/t13-,14+/m0/s1. The predicted octanol–water partition coefficient (Wildman–Crippen LogP) is 3.67. The second-order valence-corrected chi connectivity index (χ2v) is 4.55. The summed E-state index contributed by atoms with van der Waals surface area (Å²) in [6.07, 6.45) is 6.64. The largest absolute Gasteiger partial charge is 0.307 e. The fraction of sp³-hybridized carbons (Fsp3) is 0.571. The molecule has 0 spiro atoms. The van der Waals surface area contributed by atoms with Crippen molar-refractivity contribution in [3.8, 4) is 0 Å². The van der Waals surface area contributed by atoms with Gasteiger partial charge in [0, 0.05) is 12.1 Å². The van der Waals surface area contributed by atoms with E-state index in [0.29, 0.717) is 6.04 Å². The van der Waals surface area contributed by atoms with Gasteiger partial charge in [0.05, 0.1) is 0 Å². The minimum absolute atomic E-state index is 0.594. The molecule has 1 aliphatic heterocycles. The maximum atomic E-state index is 3.77. The molecule has 0 unspecified atom stereocenters. The van der Waals surface area contributed by atoms with E-state index in [1.807, 2.05) is 0 Å². The minimum Gasteiger partial charge on any atom is -0.307 e. The van der Waals surface area contributed by atoms with E-state index in [0.717, 1.165) is 6.04 Å². The zero-order valence-electron chi connectivity index (χ0n) is 9.58. The highest BCUT2D eigenvalue weighted by Crippen LogP contribution is 2.26. The normalized spacial score (nSPS) is 26.5. The second kappa shape index (κ2) is 5.32. The van der Waals surface area contributed by atoms with Gasteiger partial charge < -0.3 is 5.32 Å². The molecule has 0 radical (unpaired) electrons. The first-order chi connectivity index (χ1) is 7.40. The van der Waals surface area contributed by atoms with Crippen LogP contribution in [0.5, 0.6) is 0 Å². The third-order valence-corrected chi connectivity index (χ3v) is 3.32. The highest BCUT2D eigenvalue weighted by Gasteiger charge is 2.20. The topological polar surface area (TPSA) is 12.0 Å². The molecule has 1 fully saturated rings. The summed E-state index contributed by atoms with van der Waals surface area (Å²) in [5.74, 6) is 0. The minimum atomic E-state index is 0.594. The monoisotopic (exact) mass is 203 g/mol. The fourth-order valence-electron chi connectivity index (χ4n) is 2.54. The first-order valence-electron chi connectivity index (χ1n) is 6.21. The lowest BCUT2D eigenvalue weighted by molar-refractivity contribution is 0.310. The Kier molecular flexibility index (Phi) is 3.79. The molecule has 1 aromatic rings. The second-order valence-electron chi connectivity index (χ2n) is 4.55. The Labute approximate surface area is 92.9 Å². The summed E-state index contributed by atoms with van der Waals surface area (Å²) in [5.41, 5.74) is 1.46. The van der Waals surface area contributed by atoms with Crippen molar-refractivity contribution >= 4 is 0 Å². The summed E-state index contributed by atoms with van der Waals surface area (Å²) in [7, 11) is 0. The molecular weight excluding hydrogens is 182 g/mol. The molecule has 2 rings (SSSR count). The summed E-state index contributed by atoms with van der Waals surface area (Å²) < 4.78 is 0. The van der Waals surface area contributed by atoms with Gasteiger partial charge in [-0.2, -0.15) is 0 Å². The molecule has 1 nitrogen and oxygen atoms in total. The number of rotatable bonds is 3. The van der Waals surface area contributed by atoms with Gasteiger partial charge in [0.2, 0.25) is 0 Å². The smallest absolute Gasteiger partial charge is 0.0322 e. The summed E-state index contributed by atoms with van der Waals surface area (Å²) in [6, 6.07) is 12.2. The Morgan fingerprint density at radius 3 is 2.73 bits per heavy atom. The summed E-state index contributed by atoms with van der Waals surface area (Å²) in [6.45, 7) is 2.27. The molecule has 15 heavy (non-hydrogen) atoms. The van der Waals surface area contributed by atoms with Gasteiger partial charge in [-0.05, 0) is 24.8 Å². The molecule has 1 aromatic carbocycles. The number of hydrogen-bond acceptors (Lipinski definition) is 1. The average molecular weight is 203 g/mol. The van der Waals surface area contributed by atoms with Gasteiger partial charge >= 0.3 is 0 Å². The molecule has 82 valence electrons. The first kappa shape index (κ1) is 10.7. The summed E-state index contributed by atoms with van der Waals surface area (Å²) >= 11 is 0. The van der Waals surface area contributed by atoms with Crippen LogP contribution in [0.3, 0.4) is 0 Å². The van der Waals surface area contributed by atoms with Crippen molar-refractivity contribution in [1.29, 1.82) is 0 Å². The van der Waals surface area contributed by atoms with Crippen LogP contribution in [0.4, 0.5) is 0 Å². The van der Waals surface area contributed by atoms with Crippen molar-refractivity contribution in [3.05, 3.63) is 35.9 Å². The van der Waals surface area contributed by atoms with Gasteiger partial charge in [-0.15, -0.1) is 0 Å². The Morgan fingerprint density at radius 2 is 2.00 bits per heavy atom. The number of piperidine rings is 1. The van der Waals surface area contributed by atoms with Gasteiger partial charge in [-0.25, -0.2) is 0 Å². The average Bonchev–Trinajstić information content (AvgIpc) is 2.31. The molecule has 1 heterocycles. The van der Waals surface area contributed by atoms with Gasteiger partial charge in [0.15, 0.2) is 0 Å². The molecule has 0 saturated carbocycles. The van der Waals surface area contributed by atoms with E-state index in [-0.39, 0.29) is 0 Å². The first-order valence-corrected chi connectivity index (χ1v) is 6.21. The summed E-state index contributed by atoms with van der Waals surface area (Å²) in [4.78, 5) is 0. The molecule has 1 saturated heterocycles. The molecule has 1 N–H and O–H groups in total. The van der Waals surface area contributed by atoms with Crippen LogP contribution in [0.1, 0.15) is 50.6 Å². The van der Waals surface area contributed by atoms with Gasteiger partial charge in [0.25, 0.3) is 0 Å². The molecule has 0 amide bonds. The fourth-order valence-corrected chi connectivity index (χ4v) is 2.54. The quantitative estimate of drug-likeness (QED) is 0.790. The van der Waals surface area contributed by atoms with Crippen LogP contribution in [0.25, 0.3) is 0 Å². The van der Waals surface area contributed by atoms with Gasteiger partial charge in [0.1, 0.15) is 0 Å². The van der Waals surface area contributed by atoms with Crippen LogP contribution < -0.4 is 5.32 Å². The molecule has 2 atom stereocenters. The third-order valence-electron chi connectivity index (χ3n) is 3.32. The van der Waals surface area contributed by atoms with E-state index >= 15 is 0 Å². The molecule has 1 aliphatic rings. The number of nitrogens with one attached hydrogen (secondary N) is 1. The van der Waals surface area contributed by atoms with Crippen LogP contribution >= 0.6 is 0 Å². The zero-order chi connectivity index (χ0) is 10.5. The van der Waals surface area contributed by atoms with Crippen molar-refractivity contribution in [1.82, 2.24) is 5.32 Å². The van der Waals surface area contributed by atoms with Crippen molar-refractivity contribution in [2.24, 2.45) is 0 Å². The van der Waals surface area contributed by atoms with E-state index in [4.69, 9.17) is 0 Å². The van der Waals surface area contributed by atoms with Gasteiger partial charge in [-0.1, -0.05) is 50.1 Å². The van der Waals surface area contributed by atoms with E-state index in [1.165, 1.54) is 37.7 Å². The predicted molar refractivity (Wildman–Crippen MR) is 64.9 cm³/mol. The Bertz CT molecular complexity index is 279. The van der Waals surface area contributed by atoms with Crippen LogP contribution in [0.2, 0.25) is 0 Å². The van der Waals surface area contributed by atoms with Crippen LogP contribution in [-0.4, -0.2) is 6.04 Å². The maximum absolute atomic E-state index is 3.77. The highest BCUT2D eigenvalue weighted by molar-refractivity contribution is 5.19. The molecule has 0 aliphatic carbocycles. The summed E-state index contributed by atoms with van der Waals surface area (Å²) in [5, 5.41) is 3.77. The molecule has 0 bridgehead atoms. The van der Waals surface area contributed by atoms with Gasteiger partial charge in [-0.3, -0.25) is 0 Å². The Balaban J connectivity index is 1.98. The molecular formula is C14H21N. The van der Waals surface area contributed by atoms with Crippen molar-refractivity contribution in [3.63, 3.8) is 0 Å². The zero-order valence-corrected chi connectivity index (χ0v) is 9.58. The lowest BCUT2D eigenvalue weighted by atomic mass is 9.92. The maximum Gasteiger partial charge on any atom is 0.0322 e.